The van der Waals surface area contributed by atoms with Crippen molar-refractivity contribution >= 4 is 11.8 Å². The van der Waals surface area contributed by atoms with Gasteiger partial charge in [0, 0.05) is 36.3 Å². The van der Waals surface area contributed by atoms with Crippen LogP contribution >= 0.6 is 0 Å². The molecule has 0 aliphatic carbocycles. The van der Waals surface area contributed by atoms with Gasteiger partial charge in [0.2, 0.25) is 5.91 Å². The van der Waals surface area contributed by atoms with Gasteiger partial charge in [0.15, 0.2) is 0 Å². The summed E-state index contributed by atoms with van der Waals surface area (Å²) in [7, 11) is 4.05. The number of carbonyl (C=O) groups is 2. The highest BCUT2D eigenvalue weighted by Gasteiger charge is 2.33. The van der Waals surface area contributed by atoms with Crippen LogP contribution in [-0.4, -0.2) is 62.0 Å². The number of nitrogens with zero attached hydrogens (tertiary/aromatic N) is 2. The standard InChI is InChI=1S/C24H39N3O3/c1-23(2,3)18-13-17(22(29)27-10-9-16(15-27)21(25)28)14-19(24(4,5)6)20(18)30-12-11-26(7)8/h13-14,16H,9-12,15H2,1-8H3,(H2,25,28). The normalized spacial score (nSPS) is 17.5. The van der Waals surface area contributed by atoms with E-state index in [4.69, 9.17) is 10.5 Å². The van der Waals surface area contributed by atoms with Crippen LogP contribution in [0.4, 0.5) is 0 Å². The van der Waals surface area contributed by atoms with E-state index in [9.17, 15) is 9.59 Å². The number of benzene rings is 1. The summed E-state index contributed by atoms with van der Waals surface area (Å²) in [6.07, 6.45) is 0.630. The Morgan fingerprint density at radius 1 is 1.10 bits per heavy atom. The molecule has 1 aromatic carbocycles. The van der Waals surface area contributed by atoms with Crippen molar-refractivity contribution in [1.82, 2.24) is 9.80 Å². The van der Waals surface area contributed by atoms with Crippen molar-refractivity contribution < 1.29 is 14.3 Å². The molecule has 0 bridgehead atoms. The maximum absolute atomic E-state index is 13.3. The highest BCUT2D eigenvalue weighted by Crippen LogP contribution is 2.41. The quantitative estimate of drug-likeness (QED) is 0.771. The number of likely N-dealkylation sites (tertiary alicyclic amines) is 1. The molecule has 1 heterocycles. The molecule has 1 aliphatic rings. The molecule has 0 saturated carbocycles. The third kappa shape index (κ3) is 5.75. The number of rotatable bonds is 6. The topological polar surface area (TPSA) is 75.9 Å². The Labute approximate surface area is 181 Å². The second-order valence-corrected chi connectivity index (χ2v) is 10.7. The van der Waals surface area contributed by atoms with Gasteiger partial charge in [0.25, 0.3) is 5.91 Å². The number of ether oxygens (including phenoxy) is 1. The molecule has 30 heavy (non-hydrogen) atoms. The third-order valence-electron chi connectivity index (χ3n) is 5.61. The minimum Gasteiger partial charge on any atom is -0.492 e. The van der Waals surface area contributed by atoms with Crippen molar-refractivity contribution in [3.63, 3.8) is 0 Å². The van der Waals surface area contributed by atoms with E-state index in [-0.39, 0.29) is 28.6 Å². The van der Waals surface area contributed by atoms with E-state index in [1.807, 2.05) is 26.2 Å². The van der Waals surface area contributed by atoms with Gasteiger partial charge in [0.05, 0.1) is 5.92 Å². The summed E-state index contributed by atoms with van der Waals surface area (Å²) in [5.74, 6) is 0.242. The van der Waals surface area contributed by atoms with E-state index in [1.165, 1.54) is 0 Å². The van der Waals surface area contributed by atoms with Crippen LogP contribution in [0.5, 0.6) is 5.75 Å². The Morgan fingerprint density at radius 2 is 1.63 bits per heavy atom. The summed E-state index contributed by atoms with van der Waals surface area (Å²) in [5.41, 5.74) is 7.78. The Hall–Kier alpha value is -2.08. The summed E-state index contributed by atoms with van der Waals surface area (Å²) < 4.78 is 6.31. The van der Waals surface area contributed by atoms with Crippen LogP contribution in [0.3, 0.4) is 0 Å². The predicted octanol–water partition coefficient (Wildman–Crippen LogP) is 3.17. The van der Waals surface area contributed by atoms with Crippen molar-refractivity contribution in [2.24, 2.45) is 11.7 Å². The van der Waals surface area contributed by atoms with E-state index in [1.54, 1.807) is 4.90 Å². The summed E-state index contributed by atoms with van der Waals surface area (Å²) in [6, 6.07) is 3.94. The predicted molar refractivity (Wildman–Crippen MR) is 121 cm³/mol. The maximum atomic E-state index is 13.3. The number of amides is 2. The summed E-state index contributed by atoms with van der Waals surface area (Å²) in [6.45, 7) is 15.2. The molecular weight excluding hydrogens is 378 g/mol. The maximum Gasteiger partial charge on any atom is 0.253 e. The molecule has 1 aliphatic heterocycles. The zero-order valence-corrected chi connectivity index (χ0v) is 20.0. The number of primary amides is 1. The molecule has 168 valence electrons. The van der Waals surface area contributed by atoms with Crippen LogP contribution in [-0.2, 0) is 15.6 Å². The van der Waals surface area contributed by atoms with Gasteiger partial charge in [0.1, 0.15) is 12.4 Å². The first-order valence-corrected chi connectivity index (χ1v) is 10.8. The van der Waals surface area contributed by atoms with E-state index in [2.05, 4.69) is 46.4 Å². The van der Waals surface area contributed by atoms with Crippen LogP contribution in [0.25, 0.3) is 0 Å². The van der Waals surface area contributed by atoms with Crippen molar-refractivity contribution in [3.05, 3.63) is 28.8 Å². The highest BCUT2D eigenvalue weighted by atomic mass is 16.5. The van der Waals surface area contributed by atoms with Gasteiger partial charge < -0.3 is 20.3 Å². The average molecular weight is 418 g/mol. The molecule has 1 saturated heterocycles. The second-order valence-electron chi connectivity index (χ2n) is 10.7. The molecule has 1 fully saturated rings. The SMILES string of the molecule is CN(C)CCOc1c(C(C)(C)C)cc(C(=O)N2CCC(C(N)=O)C2)cc1C(C)(C)C. The zero-order valence-electron chi connectivity index (χ0n) is 20.0. The fourth-order valence-corrected chi connectivity index (χ4v) is 3.71. The largest absolute Gasteiger partial charge is 0.492 e. The lowest BCUT2D eigenvalue weighted by atomic mass is 9.78. The molecule has 6 heteroatoms. The fraction of sp³-hybridized carbons (Fsp3) is 0.667. The zero-order chi connectivity index (χ0) is 22.9. The second kappa shape index (κ2) is 8.96. The molecule has 6 nitrogen and oxygen atoms in total. The van der Waals surface area contributed by atoms with Gasteiger partial charge in [-0.25, -0.2) is 0 Å². The number of nitrogens with two attached hydrogens (primary N) is 1. The number of carbonyl (C=O) groups excluding carboxylic acids is 2. The Bertz CT molecular complexity index is 753. The van der Waals surface area contributed by atoms with Crippen molar-refractivity contribution in [2.75, 3.05) is 40.3 Å². The molecule has 1 atom stereocenters. The third-order valence-corrected chi connectivity index (χ3v) is 5.61. The van der Waals surface area contributed by atoms with Gasteiger partial charge in [-0.15, -0.1) is 0 Å². The van der Waals surface area contributed by atoms with Crippen molar-refractivity contribution in [1.29, 1.82) is 0 Å². The lowest BCUT2D eigenvalue weighted by Gasteiger charge is -2.31. The van der Waals surface area contributed by atoms with Crippen LogP contribution in [0, 0.1) is 5.92 Å². The molecule has 2 rings (SSSR count). The van der Waals surface area contributed by atoms with E-state index in [0.29, 0.717) is 31.7 Å². The summed E-state index contributed by atoms with van der Waals surface area (Å²) >= 11 is 0. The molecule has 2 amide bonds. The molecule has 0 aromatic heterocycles. The molecule has 1 aromatic rings. The van der Waals surface area contributed by atoms with Crippen LogP contribution in [0.2, 0.25) is 0 Å². The van der Waals surface area contributed by atoms with Gasteiger partial charge in [-0.05, 0) is 43.5 Å². The summed E-state index contributed by atoms with van der Waals surface area (Å²) in [5, 5.41) is 0. The molecule has 2 N–H and O–H groups in total. The Morgan fingerprint density at radius 3 is 2.03 bits per heavy atom. The minimum atomic E-state index is -0.333. The molecular formula is C24H39N3O3. The Balaban J connectivity index is 2.50. The first kappa shape index (κ1) is 24.2. The Kier molecular flexibility index (Phi) is 7.23. The molecule has 0 radical (unpaired) electrons. The van der Waals surface area contributed by atoms with E-state index in [0.717, 1.165) is 23.4 Å². The van der Waals surface area contributed by atoms with Crippen molar-refractivity contribution in [3.8, 4) is 5.75 Å². The van der Waals surface area contributed by atoms with E-state index >= 15 is 0 Å². The van der Waals surface area contributed by atoms with E-state index < -0.39 is 0 Å². The summed E-state index contributed by atoms with van der Waals surface area (Å²) in [4.78, 5) is 28.7. The lowest BCUT2D eigenvalue weighted by molar-refractivity contribution is -0.121. The van der Waals surface area contributed by atoms with Gasteiger partial charge >= 0.3 is 0 Å². The van der Waals surface area contributed by atoms with Crippen molar-refractivity contribution in [2.45, 2.75) is 58.8 Å². The first-order chi connectivity index (χ1) is 13.7. The minimum absolute atomic E-state index is 0.0467. The van der Waals surface area contributed by atoms with Gasteiger partial charge in [-0.3, -0.25) is 9.59 Å². The average Bonchev–Trinajstić information content (AvgIpc) is 3.09. The van der Waals surface area contributed by atoms with Gasteiger partial charge in [-0.2, -0.15) is 0 Å². The number of likely N-dealkylation sites (N-methyl/N-ethyl adjacent to an activating group) is 1. The highest BCUT2D eigenvalue weighted by molar-refractivity contribution is 5.96. The van der Waals surface area contributed by atoms with Crippen LogP contribution in [0.15, 0.2) is 12.1 Å². The van der Waals surface area contributed by atoms with Crippen LogP contribution < -0.4 is 10.5 Å². The number of hydrogen-bond donors (Lipinski definition) is 1. The molecule has 0 spiro atoms. The van der Waals surface area contributed by atoms with Crippen LogP contribution in [0.1, 0.15) is 69.4 Å². The number of hydrogen-bond acceptors (Lipinski definition) is 4. The monoisotopic (exact) mass is 417 g/mol. The first-order valence-electron chi connectivity index (χ1n) is 10.8. The molecule has 1 unspecified atom stereocenters. The fourth-order valence-electron chi connectivity index (χ4n) is 3.71. The van der Waals surface area contributed by atoms with Gasteiger partial charge in [-0.1, -0.05) is 41.5 Å². The lowest BCUT2D eigenvalue weighted by Crippen LogP contribution is -2.32. The smallest absolute Gasteiger partial charge is 0.253 e.